The summed E-state index contributed by atoms with van der Waals surface area (Å²) in [6.07, 6.45) is 1.88. The summed E-state index contributed by atoms with van der Waals surface area (Å²) in [4.78, 5) is 15.1. The van der Waals surface area contributed by atoms with E-state index >= 15 is 0 Å². The molecule has 1 aromatic rings. The van der Waals surface area contributed by atoms with Gasteiger partial charge >= 0.3 is 0 Å². The minimum absolute atomic E-state index is 0.170. The average Bonchev–Trinajstić information content (AvgIpc) is 3.01. The van der Waals surface area contributed by atoms with Crippen LogP contribution in [0.1, 0.15) is 39.7 Å². The fourth-order valence-corrected chi connectivity index (χ4v) is 4.30. The largest absolute Gasteiger partial charge is 0.337 e. The van der Waals surface area contributed by atoms with E-state index in [0.29, 0.717) is 9.83 Å². The molecule has 1 aliphatic rings. The van der Waals surface area contributed by atoms with Crippen molar-refractivity contribution in [1.82, 2.24) is 4.90 Å². The predicted molar refractivity (Wildman–Crippen MR) is 92.1 cm³/mol. The topological polar surface area (TPSA) is 20.3 Å². The Hall–Kier alpha value is -0.580. The molecule has 0 bridgehead atoms. The fraction of sp³-hybridized carbons (Fsp3) is 0.588. The molecule has 20 heavy (non-hydrogen) atoms. The standard InChI is InChI=1S/C17H24INO/c1-12(2)19(13(3)4)16(20)17(11-15(17)18)10-14-8-6-5-7-9-14/h5-9,12-13,15H,10-11H2,1-4H3/t15-,17+/m0/s1. The molecule has 2 nitrogen and oxygen atoms in total. The minimum Gasteiger partial charge on any atom is -0.337 e. The molecule has 0 unspecified atom stereocenters. The van der Waals surface area contributed by atoms with Crippen LogP contribution >= 0.6 is 22.6 Å². The highest BCUT2D eigenvalue weighted by Gasteiger charge is 2.60. The van der Waals surface area contributed by atoms with E-state index in [2.05, 4.69) is 79.5 Å². The maximum absolute atomic E-state index is 13.0. The van der Waals surface area contributed by atoms with Crippen LogP contribution in [0.3, 0.4) is 0 Å². The summed E-state index contributed by atoms with van der Waals surface area (Å²) in [5, 5.41) is 0. The highest BCUT2D eigenvalue weighted by Crippen LogP contribution is 2.55. The second-order valence-electron chi connectivity index (χ2n) is 6.39. The summed E-state index contributed by atoms with van der Waals surface area (Å²) >= 11 is 2.44. The molecule has 2 atom stereocenters. The summed E-state index contributed by atoms with van der Waals surface area (Å²) in [5.74, 6) is 0.339. The Labute approximate surface area is 136 Å². The molecule has 0 N–H and O–H groups in total. The maximum atomic E-state index is 13.0. The first-order valence-corrected chi connectivity index (χ1v) is 8.64. The highest BCUT2D eigenvalue weighted by atomic mass is 127. The van der Waals surface area contributed by atoms with Crippen molar-refractivity contribution in [3.63, 3.8) is 0 Å². The molecule has 2 rings (SSSR count). The molecule has 110 valence electrons. The number of carbonyl (C=O) groups is 1. The lowest BCUT2D eigenvalue weighted by Crippen LogP contribution is -2.47. The van der Waals surface area contributed by atoms with Gasteiger partial charge in [-0.2, -0.15) is 0 Å². The summed E-state index contributed by atoms with van der Waals surface area (Å²) in [7, 11) is 0. The van der Waals surface area contributed by atoms with E-state index in [0.717, 1.165) is 12.8 Å². The summed E-state index contributed by atoms with van der Waals surface area (Å²) < 4.78 is 0.466. The Morgan fingerprint density at radius 2 is 1.75 bits per heavy atom. The van der Waals surface area contributed by atoms with Gasteiger partial charge in [-0.1, -0.05) is 52.9 Å². The lowest BCUT2D eigenvalue weighted by Gasteiger charge is -2.34. The van der Waals surface area contributed by atoms with Crippen molar-refractivity contribution in [1.29, 1.82) is 0 Å². The molecule has 0 radical (unpaired) electrons. The second kappa shape index (κ2) is 6.04. The Morgan fingerprint density at radius 1 is 1.25 bits per heavy atom. The second-order valence-corrected chi connectivity index (χ2v) is 7.89. The van der Waals surface area contributed by atoms with Crippen LogP contribution in [0.2, 0.25) is 0 Å². The van der Waals surface area contributed by atoms with Gasteiger partial charge in [-0.15, -0.1) is 0 Å². The van der Waals surface area contributed by atoms with E-state index in [1.807, 2.05) is 6.07 Å². The number of benzene rings is 1. The molecule has 0 aliphatic heterocycles. The van der Waals surface area contributed by atoms with Gasteiger partial charge in [0.1, 0.15) is 0 Å². The van der Waals surface area contributed by atoms with E-state index in [1.165, 1.54) is 5.56 Å². The molecular weight excluding hydrogens is 361 g/mol. The number of halogens is 1. The number of rotatable bonds is 5. The third-order valence-corrected chi connectivity index (χ3v) is 5.75. The maximum Gasteiger partial charge on any atom is 0.230 e. The van der Waals surface area contributed by atoms with E-state index < -0.39 is 0 Å². The zero-order valence-electron chi connectivity index (χ0n) is 12.8. The SMILES string of the molecule is CC(C)N(C(=O)[C@]1(Cc2ccccc2)C[C@@H]1I)C(C)C. The quantitative estimate of drug-likeness (QED) is 0.553. The van der Waals surface area contributed by atoms with Crippen molar-refractivity contribution in [3.8, 4) is 0 Å². The summed E-state index contributed by atoms with van der Waals surface area (Å²) in [6, 6.07) is 10.9. The molecule has 1 aromatic carbocycles. The van der Waals surface area contributed by atoms with Crippen LogP contribution in [-0.4, -0.2) is 26.8 Å². The Kier molecular flexibility index (Phi) is 4.77. The molecular formula is C17H24INO. The van der Waals surface area contributed by atoms with Crippen LogP contribution in [0.25, 0.3) is 0 Å². The van der Waals surface area contributed by atoms with E-state index in [-0.39, 0.29) is 17.5 Å². The van der Waals surface area contributed by atoms with Gasteiger partial charge in [0, 0.05) is 16.0 Å². The van der Waals surface area contributed by atoms with Crippen LogP contribution in [0.15, 0.2) is 30.3 Å². The monoisotopic (exact) mass is 385 g/mol. The molecule has 1 amide bonds. The van der Waals surface area contributed by atoms with Crippen molar-refractivity contribution in [3.05, 3.63) is 35.9 Å². The lowest BCUT2D eigenvalue weighted by atomic mass is 9.94. The number of hydrogen-bond donors (Lipinski definition) is 0. The van der Waals surface area contributed by atoms with Crippen LogP contribution in [0.4, 0.5) is 0 Å². The minimum atomic E-state index is -0.170. The van der Waals surface area contributed by atoms with Gasteiger partial charge < -0.3 is 4.90 Å². The molecule has 0 aromatic heterocycles. The third-order valence-electron chi connectivity index (χ3n) is 4.12. The first-order valence-electron chi connectivity index (χ1n) is 7.39. The number of amides is 1. The normalized spacial score (nSPS) is 25.1. The first kappa shape index (κ1) is 15.8. The molecule has 3 heteroatoms. The molecule has 0 saturated heterocycles. The van der Waals surface area contributed by atoms with Crippen LogP contribution < -0.4 is 0 Å². The molecule has 1 aliphatic carbocycles. The van der Waals surface area contributed by atoms with Gasteiger partial charge in [0.2, 0.25) is 5.91 Å². The van der Waals surface area contributed by atoms with Crippen molar-refractivity contribution >= 4 is 28.5 Å². The fourth-order valence-electron chi connectivity index (χ4n) is 3.02. The van der Waals surface area contributed by atoms with Crippen molar-refractivity contribution < 1.29 is 4.79 Å². The van der Waals surface area contributed by atoms with Gasteiger partial charge in [0.05, 0.1) is 5.41 Å². The molecule has 0 spiro atoms. The highest BCUT2D eigenvalue weighted by molar-refractivity contribution is 14.1. The smallest absolute Gasteiger partial charge is 0.230 e. The number of hydrogen-bond acceptors (Lipinski definition) is 1. The Bertz CT molecular complexity index is 463. The van der Waals surface area contributed by atoms with Crippen LogP contribution in [-0.2, 0) is 11.2 Å². The number of nitrogens with zero attached hydrogens (tertiary/aromatic N) is 1. The lowest BCUT2D eigenvalue weighted by molar-refractivity contribution is -0.140. The molecule has 0 heterocycles. The van der Waals surface area contributed by atoms with Crippen LogP contribution in [0.5, 0.6) is 0 Å². The predicted octanol–water partition coefficient (Wildman–Crippen LogP) is 4.07. The number of alkyl halides is 1. The van der Waals surface area contributed by atoms with Gasteiger partial charge in [0.15, 0.2) is 0 Å². The Morgan fingerprint density at radius 3 is 2.15 bits per heavy atom. The summed E-state index contributed by atoms with van der Waals surface area (Å²) in [5.41, 5.74) is 1.10. The van der Waals surface area contributed by atoms with E-state index in [9.17, 15) is 4.79 Å². The zero-order chi connectivity index (χ0) is 14.9. The van der Waals surface area contributed by atoms with Gasteiger partial charge in [-0.3, -0.25) is 4.79 Å². The van der Waals surface area contributed by atoms with Gasteiger partial charge in [-0.25, -0.2) is 0 Å². The Balaban J connectivity index is 2.21. The first-order chi connectivity index (χ1) is 9.38. The number of carbonyl (C=O) groups excluding carboxylic acids is 1. The van der Waals surface area contributed by atoms with E-state index in [1.54, 1.807) is 0 Å². The third kappa shape index (κ3) is 3.02. The van der Waals surface area contributed by atoms with Gasteiger partial charge in [0.25, 0.3) is 0 Å². The van der Waals surface area contributed by atoms with Crippen molar-refractivity contribution in [2.75, 3.05) is 0 Å². The average molecular weight is 385 g/mol. The zero-order valence-corrected chi connectivity index (χ0v) is 14.9. The van der Waals surface area contributed by atoms with Crippen molar-refractivity contribution in [2.24, 2.45) is 5.41 Å². The summed E-state index contributed by atoms with van der Waals surface area (Å²) in [6.45, 7) is 8.44. The van der Waals surface area contributed by atoms with Crippen LogP contribution in [0, 0.1) is 5.41 Å². The molecule has 1 saturated carbocycles. The molecule has 1 fully saturated rings. The van der Waals surface area contributed by atoms with Gasteiger partial charge in [-0.05, 0) is 46.1 Å². The van der Waals surface area contributed by atoms with Crippen molar-refractivity contribution in [2.45, 2.75) is 56.5 Å². The van der Waals surface area contributed by atoms with E-state index in [4.69, 9.17) is 0 Å².